The van der Waals surface area contributed by atoms with Gasteiger partial charge in [0.15, 0.2) is 0 Å². The van der Waals surface area contributed by atoms with Crippen molar-refractivity contribution in [2.24, 2.45) is 0 Å². The lowest BCUT2D eigenvalue weighted by Gasteiger charge is -2.12. The molecule has 0 N–H and O–H groups in total. The Morgan fingerprint density at radius 2 is 1.50 bits per heavy atom. The average Bonchev–Trinajstić information content (AvgIpc) is 2.03. The summed E-state index contributed by atoms with van der Waals surface area (Å²) in [7, 11) is 0. The van der Waals surface area contributed by atoms with Crippen LogP contribution in [-0.4, -0.2) is 12.5 Å². The molecule has 0 amide bonds. The van der Waals surface area contributed by atoms with Crippen molar-refractivity contribution in [3.05, 3.63) is 18.5 Å². The second kappa shape index (κ2) is 5.06. The van der Waals surface area contributed by atoms with Gasteiger partial charge >= 0.3 is 24.4 Å². The minimum Gasteiger partial charge on any atom is -0.467 e. The van der Waals surface area contributed by atoms with Crippen LogP contribution < -0.4 is 0 Å². The zero-order valence-electron chi connectivity index (χ0n) is 6.47. The van der Waals surface area contributed by atoms with E-state index in [-0.39, 0.29) is 0 Å². The van der Waals surface area contributed by atoms with Gasteiger partial charge in [-0.2, -0.15) is 30.7 Å². The Balaban J connectivity index is 3.92. The number of hydrogen-bond donors (Lipinski definition) is 0. The normalized spacial score (nSPS) is 11.7. The predicted molar refractivity (Wildman–Crippen MR) is 31.3 cm³/mol. The Morgan fingerprint density at radius 1 is 1.00 bits per heavy atom. The first-order valence-corrected chi connectivity index (χ1v) is 3.17. The molecular formula is C6H4F7O. The molecular weight excluding hydrogens is 221 g/mol. The van der Waals surface area contributed by atoms with E-state index in [0.29, 0.717) is 0 Å². The van der Waals surface area contributed by atoms with Gasteiger partial charge in [0.2, 0.25) is 0 Å². The molecule has 0 atom stereocenters. The van der Waals surface area contributed by atoms with Crippen molar-refractivity contribution in [2.75, 3.05) is 6.61 Å². The monoisotopic (exact) mass is 225 g/mol. The standard InChI is InChI=1S/C6H4F7O/c7-3(8)4(9)14-2-1-6(12,13)5(10)11/h1-2H2. The Hall–Kier alpha value is -0.950. The SMILES string of the molecule is F[C](F)C(F)(F)CCOC(F)=C(F)F. The highest BCUT2D eigenvalue weighted by Gasteiger charge is 2.42. The maximum Gasteiger partial charge on any atom is 0.378 e. The molecule has 1 radical (unpaired) electrons. The molecule has 83 valence electrons. The molecule has 8 heteroatoms. The van der Waals surface area contributed by atoms with Gasteiger partial charge in [-0.05, 0) is 0 Å². The van der Waals surface area contributed by atoms with E-state index in [1.54, 1.807) is 0 Å². The minimum atomic E-state index is -4.45. The number of hydrogen-bond acceptors (Lipinski definition) is 1. The molecule has 0 saturated carbocycles. The van der Waals surface area contributed by atoms with Crippen LogP contribution >= 0.6 is 0 Å². The molecule has 0 bridgehead atoms. The largest absolute Gasteiger partial charge is 0.467 e. The maximum absolute atomic E-state index is 12.0. The van der Waals surface area contributed by atoms with Crippen LogP contribution in [0.5, 0.6) is 0 Å². The second-order valence-electron chi connectivity index (χ2n) is 2.10. The van der Waals surface area contributed by atoms with Gasteiger partial charge < -0.3 is 4.74 Å². The summed E-state index contributed by atoms with van der Waals surface area (Å²) in [5.41, 5.74) is 0. The summed E-state index contributed by atoms with van der Waals surface area (Å²) in [5, 5.41) is 0. The molecule has 0 rings (SSSR count). The predicted octanol–water partition coefficient (Wildman–Crippen LogP) is 3.49. The number of halogens is 7. The van der Waals surface area contributed by atoms with Crippen LogP contribution in [0.3, 0.4) is 0 Å². The van der Waals surface area contributed by atoms with Crippen molar-refractivity contribution in [1.82, 2.24) is 0 Å². The molecule has 0 saturated heterocycles. The van der Waals surface area contributed by atoms with Gasteiger partial charge in [-0.3, -0.25) is 0 Å². The van der Waals surface area contributed by atoms with Gasteiger partial charge in [-0.25, -0.2) is 0 Å². The van der Waals surface area contributed by atoms with Gasteiger partial charge in [0.25, 0.3) is 0 Å². The molecule has 0 unspecified atom stereocenters. The summed E-state index contributed by atoms with van der Waals surface area (Å²) >= 11 is 0. The highest BCUT2D eigenvalue weighted by Crippen LogP contribution is 2.32. The number of alkyl halides is 2. The summed E-state index contributed by atoms with van der Waals surface area (Å²) < 4.78 is 84.4. The molecule has 0 aromatic carbocycles. The van der Waals surface area contributed by atoms with Crippen LogP contribution in [0.2, 0.25) is 0 Å². The Morgan fingerprint density at radius 3 is 1.86 bits per heavy atom. The second-order valence-corrected chi connectivity index (χ2v) is 2.10. The minimum absolute atomic E-state index is 1.27. The van der Waals surface area contributed by atoms with Crippen molar-refractivity contribution < 1.29 is 35.5 Å². The van der Waals surface area contributed by atoms with E-state index in [9.17, 15) is 30.7 Å². The summed E-state index contributed by atoms with van der Waals surface area (Å²) in [5.74, 6) is -4.45. The van der Waals surface area contributed by atoms with E-state index in [0.717, 1.165) is 0 Å². The first kappa shape index (κ1) is 13.1. The van der Waals surface area contributed by atoms with Gasteiger partial charge in [0.1, 0.15) is 0 Å². The molecule has 1 nitrogen and oxygen atoms in total. The van der Waals surface area contributed by atoms with E-state index in [1.807, 2.05) is 0 Å². The number of rotatable bonds is 5. The fraction of sp³-hybridized carbons (Fsp3) is 0.500. The lowest BCUT2D eigenvalue weighted by Crippen LogP contribution is -2.22. The zero-order valence-corrected chi connectivity index (χ0v) is 6.47. The molecule has 0 aromatic heterocycles. The van der Waals surface area contributed by atoms with Gasteiger partial charge in [0, 0.05) is 0 Å². The van der Waals surface area contributed by atoms with E-state index in [4.69, 9.17) is 0 Å². The summed E-state index contributed by atoms with van der Waals surface area (Å²) in [6, 6.07) is -2.35. The molecule has 0 aliphatic heterocycles. The quantitative estimate of drug-likeness (QED) is 0.514. The van der Waals surface area contributed by atoms with E-state index >= 15 is 0 Å². The van der Waals surface area contributed by atoms with Gasteiger partial charge in [0.05, 0.1) is 13.0 Å². The first-order chi connectivity index (χ1) is 6.27. The van der Waals surface area contributed by atoms with Crippen LogP contribution in [0.15, 0.2) is 12.1 Å². The summed E-state index contributed by atoms with van der Waals surface area (Å²) in [6.45, 7) is -1.27. The van der Waals surface area contributed by atoms with E-state index in [2.05, 4.69) is 4.74 Å². The van der Waals surface area contributed by atoms with Crippen molar-refractivity contribution in [3.63, 3.8) is 0 Å². The van der Waals surface area contributed by atoms with Gasteiger partial charge in [-0.1, -0.05) is 0 Å². The topological polar surface area (TPSA) is 9.23 Å². The van der Waals surface area contributed by atoms with Crippen LogP contribution in [0.25, 0.3) is 0 Å². The first-order valence-electron chi connectivity index (χ1n) is 3.17. The third kappa shape index (κ3) is 4.33. The molecule has 0 aromatic rings. The van der Waals surface area contributed by atoms with Crippen molar-refractivity contribution in [1.29, 1.82) is 0 Å². The lowest BCUT2D eigenvalue weighted by atomic mass is 10.2. The van der Waals surface area contributed by atoms with Crippen LogP contribution in [0.1, 0.15) is 6.42 Å². The third-order valence-corrected chi connectivity index (χ3v) is 1.07. The van der Waals surface area contributed by atoms with Crippen LogP contribution in [0, 0.1) is 6.43 Å². The fourth-order valence-electron chi connectivity index (χ4n) is 0.418. The molecule has 0 spiro atoms. The summed E-state index contributed by atoms with van der Waals surface area (Å²) in [4.78, 5) is 0. The maximum atomic E-state index is 12.0. The number of ether oxygens (including phenoxy) is 1. The Kier molecular flexibility index (Phi) is 4.72. The van der Waals surface area contributed by atoms with Gasteiger partial charge in [-0.15, -0.1) is 0 Å². The van der Waals surface area contributed by atoms with Crippen molar-refractivity contribution in [3.8, 4) is 0 Å². The molecule has 0 fully saturated rings. The Labute approximate surface area is 74.1 Å². The van der Waals surface area contributed by atoms with E-state index < -0.39 is 37.5 Å². The van der Waals surface area contributed by atoms with E-state index in [1.165, 1.54) is 0 Å². The third-order valence-electron chi connectivity index (χ3n) is 1.07. The van der Waals surface area contributed by atoms with Crippen molar-refractivity contribution >= 4 is 0 Å². The fourth-order valence-corrected chi connectivity index (χ4v) is 0.418. The van der Waals surface area contributed by atoms with Crippen LogP contribution in [0.4, 0.5) is 30.7 Å². The smallest absolute Gasteiger partial charge is 0.378 e. The van der Waals surface area contributed by atoms with Crippen LogP contribution in [-0.2, 0) is 4.74 Å². The summed E-state index contributed by atoms with van der Waals surface area (Å²) in [6.07, 6.45) is -7.58. The molecule has 14 heavy (non-hydrogen) atoms. The average molecular weight is 225 g/mol. The molecule has 0 aliphatic rings. The highest BCUT2D eigenvalue weighted by atomic mass is 19.3. The van der Waals surface area contributed by atoms with Crippen molar-refractivity contribution in [2.45, 2.75) is 12.3 Å². The molecule has 0 aliphatic carbocycles. The molecule has 0 heterocycles. The Bertz CT molecular complexity index is 208. The zero-order chi connectivity index (χ0) is 11.4. The highest BCUT2D eigenvalue weighted by molar-refractivity contribution is 4.84. The lowest BCUT2D eigenvalue weighted by molar-refractivity contribution is -0.0793.